The summed E-state index contributed by atoms with van der Waals surface area (Å²) < 4.78 is 68.1. The molecule has 0 unspecified atom stereocenters. The molecular formula is C11H8N2O8S2. The molecule has 2 N–H and O–H groups in total. The molecule has 12 heteroatoms. The maximum atomic E-state index is 12.2. The van der Waals surface area contributed by atoms with Gasteiger partial charge in [0, 0.05) is 6.07 Å². The number of allylic oxidation sites excluding steroid dienone is 1. The smallest absolute Gasteiger partial charge is 0.383 e. The normalized spacial score (nSPS) is 14.8. The van der Waals surface area contributed by atoms with E-state index in [4.69, 9.17) is 19.4 Å². The molecule has 1 aliphatic rings. The van der Waals surface area contributed by atoms with Crippen LogP contribution in [0.15, 0.2) is 21.9 Å². The number of hydrogen-bond acceptors (Lipinski definition) is 6. The van der Waals surface area contributed by atoms with Crippen molar-refractivity contribution in [3.63, 3.8) is 0 Å². The highest BCUT2D eigenvalue weighted by atomic mass is 32.2. The second-order valence-electron chi connectivity index (χ2n) is 4.33. The Morgan fingerprint density at radius 3 is 2.17 bits per heavy atom. The van der Waals surface area contributed by atoms with E-state index in [1.807, 2.05) is 0 Å². The number of ether oxygens (including phenoxy) is 1. The topological polar surface area (TPSA) is 171 Å². The lowest BCUT2D eigenvalue weighted by Crippen LogP contribution is -2.27. The first-order chi connectivity index (χ1) is 10.5. The molecule has 0 fully saturated rings. The first-order valence-electron chi connectivity index (χ1n) is 5.66. The van der Waals surface area contributed by atoms with Crippen LogP contribution in [-0.4, -0.2) is 49.3 Å². The van der Waals surface area contributed by atoms with E-state index < -0.39 is 41.5 Å². The van der Waals surface area contributed by atoms with Crippen LogP contribution < -0.4 is 4.74 Å². The molecule has 122 valence electrons. The van der Waals surface area contributed by atoms with E-state index in [1.165, 1.54) is 0 Å². The number of rotatable bonds is 3. The van der Waals surface area contributed by atoms with Crippen LogP contribution in [0.4, 0.5) is 0 Å². The summed E-state index contributed by atoms with van der Waals surface area (Å²) in [7, 11) is -8.50. The van der Waals surface area contributed by atoms with Crippen LogP contribution in [0, 0.1) is 0 Å². The van der Waals surface area contributed by atoms with Gasteiger partial charge in [-0.25, -0.2) is 0 Å². The van der Waals surface area contributed by atoms with E-state index in [-0.39, 0.29) is 16.9 Å². The van der Waals surface area contributed by atoms with Gasteiger partial charge in [0.1, 0.15) is 5.75 Å². The second-order valence-corrected chi connectivity index (χ2v) is 7.14. The average Bonchev–Trinajstić information content (AvgIpc) is 2.43. The van der Waals surface area contributed by atoms with Crippen molar-refractivity contribution in [2.45, 2.75) is 4.90 Å². The van der Waals surface area contributed by atoms with E-state index in [9.17, 15) is 21.6 Å². The molecule has 1 aromatic carbocycles. The van der Waals surface area contributed by atoms with Crippen LogP contribution in [0.5, 0.6) is 5.75 Å². The van der Waals surface area contributed by atoms with E-state index in [0.29, 0.717) is 0 Å². The number of methoxy groups -OCH3 is 1. The minimum atomic E-state index is -4.93. The number of nitrogens with zero attached hydrogens (tertiary/aromatic N) is 2. The van der Waals surface area contributed by atoms with E-state index in [0.717, 1.165) is 25.3 Å². The Balaban J connectivity index is 2.97. The van der Waals surface area contributed by atoms with E-state index in [2.05, 4.69) is 4.79 Å². The van der Waals surface area contributed by atoms with Crippen LogP contribution in [-0.2, 0) is 20.2 Å². The molecule has 0 saturated carbocycles. The zero-order valence-corrected chi connectivity index (χ0v) is 12.9. The molecule has 0 amide bonds. The summed E-state index contributed by atoms with van der Waals surface area (Å²) in [5.74, 6) is -1.41. The summed E-state index contributed by atoms with van der Waals surface area (Å²) in [6.07, 6.45) is 0.721. The van der Waals surface area contributed by atoms with Gasteiger partial charge in [0.2, 0.25) is 0 Å². The van der Waals surface area contributed by atoms with Gasteiger partial charge in [0.05, 0.1) is 17.6 Å². The highest BCUT2D eigenvalue weighted by Crippen LogP contribution is 2.33. The molecule has 0 spiro atoms. The van der Waals surface area contributed by atoms with Crippen molar-refractivity contribution in [1.82, 2.24) is 0 Å². The van der Waals surface area contributed by atoms with Gasteiger partial charge >= 0.3 is 15.8 Å². The van der Waals surface area contributed by atoms with Gasteiger partial charge in [0.15, 0.2) is 4.91 Å². The Morgan fingerprint density at radius 2 is 1.74 bits per heavy atom. The molecule has 1 aliphatic carbocycles. The summed E-state index contributed by atoms with van der Waals surface area (Å²) in [5, 5.41) is 0. The number of fused-ring (bicyclic) bond motifs is 1. The summed E-state index contributed by atoms with van der Waals surface area (Å²) in [5.41, 5.74) is 7.33. The Hall–Kier alpha value is -2.37. The van der Waals surface area contributed by atoms with Gasteiger partial charge in [-0.15, -0.1) is 0 Å². The van der Waals surface area contributed by atoms with Crippen molar-refractivity contribution in [2.75, 3.05) is 7.11 Å². The van der Waals surface area contributed by atoms with Crippen LogP contribution in [0.25, 0.3) is 11.6 Å². The molecule has 2 rings (SSSR count). The molecule has 0 atom stereocenters. The van der Waals surface area contributed by atoms with Gasteiger partial charge in [-0.1, -0.05) is 0 Å². The van der Waals surface area contributed by atoms with Gasteiger partial charge in [-0.3, -0.25) is 13.9 Å². The van der Waals surface area contributed by atoms with Crippen molar-refractivity contribution in [2.24, 2.45) is 0 Å². The summed E-state index contributed by atoms with van der Waals surface area (Å²) >= 11 is 0. The minimum absolute atomic E-state index is 0.262. The lowest BCUT2D eigenvalue weighted by molar-refractivity contribution is -0.00482. The number of carbonyl (C=O) groups excluding carboxylic acids is 1. The number of carbonyl (C=O) groups is 1. The van der Waals surface area contributed by atoms with Crippen LogP contribution in [0.2, 0.25) is 0 Å². The first-order valence-corrected chi connectivity index (χ1v) is 8.54. The largest absolute Gasteiger partial charge is 0.496 e. The van der Waals surface area contributed by atoms with Crippen molar-refractivity contribution < 1.29 is 40.3 Å². The molecule has 0 aromatic heterocycles. The van der Waals surface area contributed by atoms with Gasteiger partial charge in [-0.05, 0) is 17.7 Å². The van der Waals surface area contributed by atoms with Gasteiger partial charge in [-0.2, -0.15) is 21.6 Å². The number of Topliss-reactive ketones (excluding diaryl/α,β-unsaturated/α-hetero) is 1. The SMILES string of the molecule is COc1cc(S(=O)(=O)O)cc2c1C(=O)C(=[N+]=[N-])C(S(=O)(=O)O)=C2. The number of benzene rings is 1. The fourth-order valence-corrected chi connectivity index (χ4v) is 3.19. The standard InChI is InChI=1S/C11H8N2O8S2/c1-21-7-4-6(22(15,16)17)2-5-3-8(23(18,19)20)10(13-12)11(14)9(5)7/h2-4H,1H3,(H,15,16,17)(H,18,19,20). The monoisotopic (exact) mass is 360 g/mol. The molecule has 0 aliphatic heterocycles. The molecule has 10 nitrogen and oxygen atoms in total. The molecular weight excluding hydrogens is 352 g/mol. The third-order valence-electron chi connectivity index (χ3n) is 2.96. The lowest BCUT2D eigenvalue weighted by Gasteiger charge is -2.15. The molecule has 0 heterocycles. The molecule has 0 radical (unpaired) electrons. The van der Waals surface area contributed by atoms with Crippen molar-refractivity contribution in [3.8, 4) is 5.75 Å². The van der Waals surface area contributed by atoms with Crippen LogP contribution in [0.1, 0.15) is 15.9 Å². The van der Waals surface area contributed by atoms with Crippen LogP contribution in [0.3, 0.4) is 0 Å². The van der Waals surface area contributed by atoms with Gasteiger partial charge < -0.3 is 10.3 Å². The summed E-state index contributed by atoms with van der Waals surface area (Å²) in [6.45, 7) is 0. The first kappa shape index (κ1) is 17.0. The van der Waals surface area contributed by atoms with E-state index in [1.54, 1.807) is 0 Å². The van der Waals surface area contributed by atoms with Crippen LogP contribution >= 0.6 is 0 Å². The Bertz CT molecular complexity index is 1010. The quantitative estimate of drug-likeness (QED) is 0.432. The third kappa shape index (κ3) is 2.93. The van der Waals surface area contributed by atoms with E-state index >= 15 is 0 Å². The minimum Gasteiger partial charge on any atom is -0.496 e. The Labute approximate surface area is 130 Å². The second kappa shape index (κ2) is 5.37. The number of hydrogen-bond donors (Lipinski definition) is 2. The maximum absolute atomic E-state index is 12.2. The Morgan fingerprint density at radius 1 is 1.13 bits per heavy atom. The maximum Gasteiger partial charge on any atom is 0.383 e. The predicted molar refractivity (Wildman–Crippen MR) is 75.3 cm³/mol. The molecule has 0 saturated heterocycles. The van der Waals surface area contributed by atoms with Crippen molar-refractivity contribution in [3.05, 3.63) is 33.7 Å². The highest BCUT2D eigenvalue weighted by Gasteiger charge is 2.41. The predicted octanol–water partition coefficient (Wildman–Crippen LogP) is 0.0377. The fraction of sp³-hybridized carbons (Fsp3) is 0.0909. The molecule has 1 aromatic rings. The molecule has 23 heavy (non-hydrogen) atoms. The summed E-state index contributed by atoms with van der Waals surface area (Å²) in [4.78, 5) is 13.1. The van der Waals surface area contributed by atoms with Gasteiger partial charge in [0.25, 0.3) is 15.9 Å². The summed E-state index contributed by atoms with van der Waals surface area (Å²) in [6, 6.07) is 1.65. The zero-order valence-electron chi connectivity index (χ0n) is 11.3. The van der Waals surface area contributed by atoms with Crippen molar-refractivity contribution in [1.29, 1.82) is 0 Å². The fourth-order valence-electron chi connectivity index (χ4n) is 2.01. The molecule has 0 bridgehead atoms. The van der Waals surface area contributed by atoms with Crippen molar-refractivity contribution >= 4 is 37.8 Å². The third-order valence-corrected chi connectivity index (χ3v) is 4.66. The average molecular weight is 360 g/mol. The number of ketones is 1. The Kier molecular flexibility index (Phi) is 3.96. The highest BCUT2D eigenvalue weighted by molar-refractivity contribution is 7.91. The zero-order chi connectivity index (χ0) is 17.6. The lowest BCUT2D eigenvalue weighted by atomic mass is 9.94.